The first-order chi connectivity index (χ1) is 13.7. The first-order valence-electron chi connectivity index (χ1n) is 9.78. The van der Waals surface area contributed by atoms with Crippen molar-refractivity contribution in [3.8, 4) is 22.6 Å². The van der Waals surface area contributed by atoms with Crippen molar-refractivity contribution in [3.63, 3.8) is 0 Å². The van der Waals surface area contributed by atoms with E-state index >= 15 is 0 Å². The topological polar surface area (TPSA) is 35.5 Å². The Kier molecular flexibility index (Phi) is 6.85. The average Bonchev–Trinajstić information content (AvgIpc) is 2.73. The molecule has 0 radical (unpaired) electrons. The highest BCUT2D eigenvalue weighted by Gasteiger charge is 2.09. The molecule has 0 aliphatic carbocycles. The normalized spacial score (nSPS) is 10.5. The molecule has 144 valence electrons. The summed E-state index contributed by atoms with van der Waals surface area (Å²) >= 11 is 0. The van der Waals surface area contributed by atoms with Gasteiger partial charge in [0.25, 0.3) is 0 Å². The van der Waals surface area contributed by atoms with Crippen molar-refractivity contribution in [2.45, 2.75) is 33.1 Å². The molecule has 0 aromatic heterocycles. The molecular weight excluding hydrogens is 348 g/mol. The average molecular weight is 374 g/mol. The SMILES string of the molecule is CCCCCOc1ccc(OC(=O)c2ccc(-c3ccc(C)cc3)cc2)cc1. The number of aryl methyl sites for hydroxylation is 1. The fourth-order valence-corrected chi connectivity index (χ4v) is 2.86. The van der Waals surface area contributed by atoms with Crippen LogP contribution in [0.15, 0.2) is 72.8 Å². The summed E-state index contributed by atoms with van der Waals surface area (Å²) in [6.45, 7) is 4.94. The van der Waals surface area contributed by atoms with Gasteiger partial charge in [-0.05, 0) is 60.9 Å². The van der Waals surface area contributed by atoms with Crippen LogP contribution in [-0.2, 0) is 0 Å². The highest BCUT2D eigenvalue weighted by Crippen LogP contribution is 2.22. The van der Waals surface area contributed by atoms with Crippen LogP contribution in [0.4, 0.5) is 0 Å². The Balaban J connectivity index is 1.57. The van der Waals surface area contributed by atoms with Crippen LogP contribution in [0.1, 0.15) is 42.1 Å². The number of rotatable bonds is 8. The number of carbonyl (C=O) groups is 1. The number of esters is 1. The van der Waals surface area contributed by atoms with Crippen LogP contribution in [0.5, 0.6) is 11.5 Å². The second-order valence-electron chi connectivity index (χ2n) is 6.86. The van der Waals surface area contributed by atoms with Gasteiger partial charge in [0.15, 0.2) is 0 Å². The van der Waals surface area contributed by atoms with Gasteiger partial charge in [-0.25, -0.2) is 4.79 Å². The molecule has 0 bridgehead atoms. The van der Waals surface area contributed by atoms with E-state index in [1.165, 1.54) is 18.4 Å². The van der Waals surface area contributed by atoms with Crippen LogP contribution >= 0.6 is 0 Å². The van der Waals surface area contributed by atoms with E-state index in [9.17, 15) is 4.79 Å². The molecule has 0 heterocycles. The van der Waals surface area contributed by atoms with Gasteiger partial charge in [-0.1, -0.05) is 61.7 Å². The molecule has 0 saturated carbocycles. The van der Waals surface area contributed by atoms with Gasteiger partial charge in [-0.15, -0.1) is 0 Å². The molecule has 3 aromatic carbocycles. The van der Waals surface area contributed by atoms with Gasteiger partial charge >= 0.3 is 5.97 Å². The fraction of sp³-hybridized carbons (Fsp3) is 0.240. The van der Waals surface area contributed by atoms with E-state index in [0.717, 1.165) is 23.3 Å². The minimum absolute atomic E-state index is 0.368. The standard InChI is InChI=1S/C25H26O3/c1-3-4-5-18-27-23-14-16-24(17-15-23)28-25(26)22-12-10-21(11-13-22)20-8-6-19(2)7-9-20/h6-17H,3-5,18H2,1-2H3. The van der Waals surface area contributed by atoms with Crippen LogP contribution in [0.2, 0.25) is 0 Å². The van der Waals surface area contributed by atoms with Crippen molar-refractivity contribution in [2.24, 2.45) is 0 Å². The lowest BCUT2D eigenvalue weighted by atomic mass is 10.0. The molecule has 3 heteroatoms. The number of hydrogen-bond acceptors (Lipinski definition) is 3. The van der Waals surface area contributed by atoms with Gasteiger partial charge in [0, 0.05) is 0 Å². The Hall–Kier alpha value is -3.07. The van der Waals surface area contributed by atoms with Crippen LogP contribution in [0.25, 0.3) is 11.1 Å². The zero-order valence-electron chi connectivity index (χ0n) is 16.5. The molecule has 0 aliphatic rings. The maximum atomic E-state index is 12.4. The fourth-order valence-electron chi connectivity index (χ4n) is 2.86. The Bertz CT molecular complexity index is 879. The lowest BCUT2D eigenvalue weighted by Gasteiger charge is -2.08. The number of hydrogen-bond donors (Lipinski definition) is 0. The molecule has 3 rings (SSSR count). The predicted molar refractivity (Wildman–Crippen MR) is 113 cm³/mol. The van der Waals surface area contributed by atoms with Crippen LogP contribution in [0.3, 0.4) is 0 Å². The molecule has 3 nitrogen and oxygen atoms in total. The third kappa shape index (κ3) is 5.46. The maximum Gasteiger partial charge on any atom is 0.343 e. The third-order valence-electron chi connectivity index (χ3n) is 4.56. The van der Waals surface area contributed by atoms with E-state index in [2.05, 4.69) is 38.1 Å². The van der Waals surface area contributed by atoms with Crippen LogP contribution in [0, 0.1) is 6.92 Å². The van der Waals surface area contributed by atoms with E-state index in [1.54, 1.807) is 24.3 Å². The minimum Gasteiger partial charge on any atom is -0.494 e. The largest absolute Gasteiger partial charge is 0.494 e. The Morgan fingerprint density at radius 2 is 1.32 bits per heavy atom. The van der Waals surface area contributed by atoms with E-state index in [1.807, 2.05) is 24.3 Å². The molecule has 28 heavy (non-hydrogen) atoms. The summed E-state index contributed by atoms with van der Waals surface area (Å²) in [7, 11) is 0. The second kappa shape index (κ2) is 9.75. The first kappa shape index (κ1) is 19.7. The number of carbonyl (C=O) groups excluding carboxylic acids is 1. The molecule has 0 spiro atoms. The molecule has 0 saturated heterocycles. The van der Waals surface area contributed by atoms with Crippen molar-refractivity contribution in [3.05, 3.63) is 83.9 Å². The Morgan fingerprint density at radius 1 is 0.750 bits per heavy atom. The zero-order valence-corrected chi connectivity index (χ0v) is 16.5. The summed E-state index contributed by atoms with van der Waals surface area (Å²) < 4.78 is 11.1. The van der Waals surface area contributed by atoms with Crippen molar-refractivity contribution < 1.29 is 14.3 Å². The van der Waals surface area contributed by atoms with Crippen molar-refractivity contribution in [1.29, 1.82) is 0 Å². The molecule has 0 unspecified atom stereocenters. The van der Waals surface area contributed by atoms with Gasteiger partial charge in [0.05, 0.1) is 12.2 Å². The lowest BCUT2D eigenvalue weighted by Crippen LogP contribution is -2.08. The van der Waals surface area contributed by atoms with Gasteiger partial charge in [0.1, 0.15) is 11.5 Å². The summed E-state index contributed by atoms with van der Waals surface area (Å²) in [5.74, 6) is 0.930. The van der Waals surface area contributed by atoms with Gasteiger partial charge < -0.3 is 9.47 Å². The molecule has 0 atom stereocenters. The van der Waals surface area contributed by atoms with Crippen molar-refractivity contribution >= 4 is 5.97 Å². The van der Waals surface area contributed by atoms with Crippen molar-refractivity contribution in [2.75, 3.05) is 6.61 Å². The lowest BCUT2D eigenvalue weighted by molar-refractivity contribution is 0.0734. The van der Waals surface area contributed by atoms with E-state index in [4.69, 9.17) is 9.47 Å². The maximum absolute atomic E-state index is 12.4. The van der Waals surface area contributed by atoms with Gasteiger partial charge in [-0.3, -0.25) is 0 Å². The molecular formula is C25H26O3. The molecule has 0 fully saturated rings. The molecule has 0 amide bonds. The zero-order chi connectivity index (χ0) is 19.8. The quantitative estimate of drug-likeness (QED) is 0.258. The van der Waals surface area contributed by atoms with E-state index in [0.29, 0.717) is 17.9 Å². The highest BCUT2D eigenvalue weighted by molar-refractivity contribution is 5.91. The highest BCUT2D eigenvalue weighted by atomic mass is 16.5. The number of ether oxygens (including phenoxy) is 2. The summed E-state index contributed by atoms with van der Waals surface area (Å²) in [5.41, 5.74) is 3.94. The molecule has 0 N–H and O–H groups in total. The van der Waals surface area contributed by atoms with E-state index < -0.39 is 0 Å². The molecule has 0 aliphatic heterocycles. The minimum atomic E-state index is -0.368. The summed E-state index contributed by atoms with van der Waals surface area (Å²) in [4.78, 5) is 12.4. The smallest absolute Gasteiger partial charge is 0.343 e. The van der Waals surface area contributed by atoms with Gasteiger partial charge in [0.2, 0.25) is 0 Å². The first-order valence-corrected chi connectivity index (χ1v) is 9.78. The summed E-state index contributed by atoms with van der Waals surface area (Å²) in [6.07, 6.45) is 3.38. The Morgan fingerprint density at radius 3 is 1.93 bits per heavy atom. The summed E-state index contributed by atoms with van der Waals surface area (Å²) in [5, 5.41) is 0. The predicted octanol–water partition coefficient (Wildman–Crippen LogP) is 6.45. The number of unbranched alkanes of at least 4 members (excludes halogenated alkanes) is 2. The molecule has 3 aromatic rings. The summed E-state index contributed by atoms with van der Waals surface area (Å²) in [6, 6.07) is 23.0. The number of benzene rings is 3. The van der Waals surface area contributed by atoms with Gasteiger partial charge in [-0.2, -0.15) is 0 Å². The third-order valence-corrected chi connectivity index (χ3v) is 4.56. The monoisotopic (exact) mass is 374 g/mol. The van der Waals surface area contributed by atoms with Crippen molar-refractivity contribution in [1.82, 2.24) is 0 Å². The Labute approximate surface area is 166 Å². The second-order valence-corrected chi connectivity index (χ2v) is 6.86. The van der Waals surface area contributed by atoms with Crippen LogP contribution < -0.4 is 9.47 Å². The van der Waals surface area contributed by atoms with Crippen LogP contribution in [-0.4, -0.2) is 12.6 Å². The van der Waals surface area contributed by atoms with E-state index in [-0.39, 0.29) is 5.97 Å².